The Hall–Kier alpha value is -1.20. The molecular formula is C15H25N3O2. The average Bonchev–Trinajstić information content (AvgIpc) is 2.87. The van der Waals surface area contributed by atoms with Crippen LogP contribution in [0.2, 0.25) is 0 Å². The number of rotatable bonds is 7. The summed E-state index contributed by atoms with van der Waals surface area (Å²) >= 11 is 0. The van der Waals surface area contributed by atoms with E-state index in [-0.39, 0.29) is 11.9 Å². The molecule has 1 atom stereocenters. The van der Waals surface area contributed by atoms with Crippen molar-refractivity contribution in [1.29, 1.82) is 0 Å². The summed E-state index contributed by atoms with van der Waals surface area (Å²) in [4.78, 5) is 19.0. The van der Waals surface area contributed by atoms with Crippen LogP contribution in [0, 0.1) is 0 Å². The van der Waals surface area contributed by atoms with E-state index in [4.69, 9.17) is 4.74 Å². The molecule has 1 aliphatic rings. The first-order valence-electron chi connectivity index (χ1n) is 7.61. The summed E-state index contributed by atoms with van der Waals surface area (Å²) in [6, 6.07) is 0. The highest BCUT2D eigenvalue weighted by Crippen LogP contribution is 2.10. The van der Waals surface area contributed by atoms with Crippen LogP contribution in [0.5, 0.6) is 0 Å². The van der Waals surface area contributed by atoms with Gasteiger partial charge in [0.15, 0.2) is 5.78 Å². The molecule has 20 heavy (non-hydrogen) atoms. The van der Waals surface area contributed by atoms with Crippen molar-refractivity contribution < 1.29 is 9.53 Å². The second-order valence-corrected chi connectivity index (χ2v) is 5.34. The minimum Gasteiger partial charge on any atom is -0.368 e. The SMILES string of the molecule is CCCN1CCOC(C(=O)Cc2nccn2CCC)C1. The smallest absolute Gasteiger partial charge is 0.170 e. The number of carbonyl (C=O) groups excluding carboxylic acids is 1. The first kappa shape index (κ1) is 15.2. The van der Waals surface area contributed by atoms with Crippen LogP contribution in [0.25, 0.3) is 0 Å². The fourth-order valence-corrected chi connectivity index (χ4v) is 2.64. The van der Waals surface area contributed by atoms with E-state index in [0.29, 0.717) is 13.0 Å². The van der Waals surface area contributed by atoms with Gasteiger partial charge in [-0.2, -0.15) is 0 Å². The average molecular weight is 279 g/mol. The molecule has 1 aliphatic heterocycles. The van der Waals surface area contributed by atoms with Crippen LogP contribution in [-0.2, 0) is 22.5 Å². The maximum atomic E-state index is 12.4. The van der Waals surface area contributed by atoms with Crippen molar-refractivity contribution in [3.05, 3.63) is 18.2 Å². The monoisotopic (exact) mass is 279 g/mol. The minimum absolute atomic E-state index is 0.148. The molecule has 0 bridgehead atoms. The fraction of sp³-hybridized carbons (Fsp3) is 0.733. The molecule has 1 aromatic rings. The normalized spacial score (nSPS) is 20.2. The molecule has 112 valence electrons. The Labute approximate surface area is 120 Å². The van der Waals surface area contributed by atoms with Crippen molar-refractivity contribution in [2.75, 3.05) is 26.2 Å². The van der Waals surface area contributed by atoms with Crippen molar-refractivity contribution in [2.24, 2.45) is 0 Å². The van der Waals surface area contributed by atoms with Crippen LogP contribution >= 0.6 is 0 Å². The molecule has 1 unspecified atom stereocenters. The van der Waals surface area contributed by atoms with Crippen LogP contribution in [0.4, 0.5) is 0 Å². The van der Waals surface area contributed by atoms with Crippen LogP contribution in [0.3, 0.4) is 0 Å². The van der Waals surface area contributed by atoms with Gasteiger partial charge in [-0.15, -0.1) is 0 Å². The number of aromatic nitrogens is 2. The molecule has 1 fully saturated rings. The number of aryl methyl sites for hydroxylation is 1. The summed E-state index contributed by atoms with van der Waals surface area (Å²) in [5.41, 5.74) is 0. The van der Waals surface area contributed by atoms with E-state index in [9.17, 15) is 4.79 Å². The molecule has 5 nitrogen and oxygen atoms in total. The molecule has 2 rings (SSSR count). The summed E-state index contributed by atoms with van der Waals surface area (Å²) in [6.45, 7) is 8.54. The van der Waals surface area contributed by atoms with E-state index in [1.54, 1.807) is 6.20 Å². The summed E-state index contributed by atoms with van der Waals surface area (Å²) in [7, 11) is 0. The van der Waals surface area contributed by atoms with Gasteiger partial charge in [-0.05, 0) is 19.4 Å². The zero-order valence-corrected chi connectivity index (χ0v) is 12.5. The Bertz CT molecular complexity index is 429. The minimum atomic E-state index is -0.290. The van der Waals surface area contributed by atoms with E-state index >= 15 is 0 Å². The fourth-order valence-electron chi connectivity index (χ4n) is 2.64. The van der Waals surface area contributed by atoms with E-state index < -0.39 is 0 Å². The van der Waals surface area contributed by atoms with Gasteiger partial charge in [-0.25, -0.2) is 4.98 Å². The zero-order chi connectivity index (χ0) is 14.4. The predicted molar refractivity (Wildman–Crippen MR) is 77.7 cm³/mol. The molecule has 1 saturated heterocycles. The van der Waals surface area contributed by atoms with E-state index in [0.717, 1.165) is 44.8 Å². The quantitative estimate of drug-likeness (QED) is 0.759. The maximum Gasteiger partial charge on any atom is 0.170 e. The highest BCUT2D eigenvalue weighted by Gasteiger charge is 2.26. The lowest BCUT2D eigenvalue weighted by Gasteiger charge is -2.31. The first-order chi connectivity index (χ1) is 9.74. The molecule has 1 aromatic heterocycles. The number of Topliss-reactive ketones (excluding diaryl/α,β-unsaturated/α-hetero) is 1. The number of ether oxygens (including phenoxy) is 1. The predicted octanol–water partition coefficient (Wildman–Crippen LogP) is 1.52. The number of carbonyl (C=O) groups is 1. The van der Waals surface area contributed by atoms with Crippen LogP contribution < -0.4 is 0 Å². The zero-order valence-electron chi connectivity index (χ0n) is 12.5. The van der Waals surface area contributed by atoms with Gasteiger partial charge in [-0.1, -0.05) is 13.8 Å². The molecule has 0 radical (unpaired) electrons. The van der Waals surface area contributed by atoms with Gasteiger partial charge >= 0.3 is 0 Å². The largest absolute Gasteiger partial charge is 0.368 e. The van der Waals surface area contributed by atoms with E-state index in [1.165, 1.54) is 0 Å². The lowest BCUT2D eigenvalue weighted by atomic mass is 10.1. The van der Waals surface area contributed by atoms with Gasteiger partial charge in [0, 0.05) is 32.0 Å². The third-order valence-corrected chi connectivity index (χ3v) is 3.65. The van der Waals surface area contributed by atoms with E-state index in [2.05, 4.69) is 28.3 Å². The number of imidazole rings is 1. The molecule has 0 aromatic carbocycles. The van der Waals surface area contributed by atoms with Crippen LogP contribution in [-0.4, -0.2) is 52.6 Å². The van der Waals surface area contributed by atoms with E-state index in [1.807, 2.05) is 6.20 Å². The molecule has 0 aliphatic carbocycles. The van der Waals surface area contributed by atoms with Crippen molar-refractivity contribution in [1.82, 2.24) is 14.5 Å². The van der Waals surface area contributed by atoms with Crippen molar-refractivity contribution in [2.45, 2.75) is 45.8 Å². The van der Waals surface area contributed by atoms with Gasteiger partial charge < -0.3 is 9.30 Å². The standard InChI is InChI=1S/C15H25N3O2/c1-3-6-17-9-10-20-14(12-17)13(19)11-15-16-5-8-18(15)7-4-2/h5,8,14H,3-4,6-7,9-12H2,1-2H3. The summed E-state index contributed by atoms with van der Waals surface area (Å²) < 4.78 is 7.70. The second-order valence-electron chi connectivity index (χ2n) is 5.34. The molecular weight excluding hydrogens is 254 g/mol. The number of hydrogen-bond acceptors (Lipinski definition) is 4. The highest BCUT2D eigenvalue weighted by atomic mass is 16.5. The lowest BCUT2D eigenvalue weighted by Crippen LogP contribution is -2.46. The van der Waals surface area contributed by atoms with Crippen LogP contribution in [0.15, 0.2) is 12.4 Å². The Morgan fingerprint density at radius 1 is 1.40 bits per heavy atom. The Morgan fingerprint density at radius 3 is 2.95 bits per heavy atom. The number of hydrogen-bond donors (Lipinski definition) is 0. The Kier molecular flexibility index (Phi) is 5.73. The Morgan fingerprint density at radius 2 is 2.20 bits per heavy atom. The van der Waals surface area contributed by atoms with Gasteiger partial charge in [0.05, 0.1) is 13.0 Å². The van der Waals surface area contributed by atoms with Gasteiger partial charge in [-0.3, -0.25) is 9.69 Å². The van der Waals surface area contributed by atoms with Crippen molar-refractivity contribution in [3.8, 4) is 0 Å². The molecule has 5 heteroatoms. The third-order valence-electron chi connectivity index (χ3n) is 3.65. The Balaban J connectivity index is 1.92. The second kappa shape index (κ2) is 7.55. The third kappa shape index (κ3) is 3.90. The highest BCUT2D eigenvalue weighted by molar-refractivity contribution is 5.85. The molecule has 0 saturated carbocycles. The number of morpholine rings is 1. The van der Waals surface area contributed by atoms with Gasteiger partial charge in [0.1, 0.15) is 11.9 Å². The first-order valence-corrected chi connectivity index (χ1v) is 7.61. The molecule has 0 N–H and O–H groups in total. The summed E-state index contributed by atoms with van der Waals surface area (Å²) in [6.07, 6.45) is 5.95. The molecule has 2 heterocycles. The maximum absolute atomic E-state index is 12.4. The lowest BCUT2D eigenvalue weighted by molar-refractivity contribution is -0.135. The van der Waals surface area contributed by atoms with Crippen LogP contribution in [0.1, 0.15) is 32.5 Å². The van der Waals surface area contributed by atoms with Gasteiger partial charge in [0.25, 0.3) is 0 Å². The number of ketones is 1. The molecule has 0 amide bonds. The molecule has 0 spiro atoms. The van der Waals surface area contributed by atoms with Crippen molar-refractivity contribution in [3.63, 3.8) is 0 Å². The number of nitrogens with zero attached hydrogens (tertiary/aromatic N) is 3. The topological polar surface area (TPSA) is 47.4 Å². The summed E-state index contributed by atoms with van der Waals surface area (Å²) in [5.74, 6) is 1.00. The van der Waals surface area contributed by atoms with Gasteiger partial charge in [0.2, 0.25) is 0 Å². The van der Waals surface area contributed by atoms with Crippen molar-refractivity contribution >= 4 is 5.78 Å². The summed E-state index contributed by atoms with van der Waals surface area (Å²) in [5, 5.41) is 0.